The summed E-state index contributed by atoms with van der Waals surface area (Å²) < 4.78 is 0. The molecule has 0 aliphatic heterocycles. The van der Waals surface area contributed by atoms with Crippen molar-refractivity contribution in [2.45, 2.75) is 0 Å². The van der Waals surface area contributed by atoms with Gasteiger partial charge in [-0.25, -0.2) is 0 Å². The SMILES string of the molecule is CN(C)C(=S)NN=C(C(=NNC(=S)N(C)C)c1ccccc1)c1ccccc1. The highest BCUT2D eigenvalue weighted by atomic mass is 32.1. The number of thiocarbonyl (C=S) groups is 2. The largest absolute Gasteiger partial charge is 0.354 e. The van der Waals surface area contributed by atoms with Crippen molar-refractivity contribution in [1.82, 2.24) is 20.7 Å². The van der Waals surface area contributed by atoms with Gasteiger partial charge >= 0.3 is 0 Å². The average molecular weight is 413 g/mol. The standard InChI is InChI=1S/C20H24N6S2/c1-25(2)19(27)23-21-17(15-11-7-5-8-12-15)18(16-13-9-6-10-14-16)22-24-20(28)26(3)4/h5-14H,1-4H3,(H,23,27)(H,24,28). The van der Waals surface area contributed by atoms with E-state index >= 15 is 0 Å². The van der Waals surface area contributed by atoms with Crippen LogP contribution in [0.25, 0.3) is 0 Å². The molecule has 2 N–H and O–H groups in total. The van der Waals surface area contributed by atoms with Gasteiger partial charge in [0.15, 0.2) is 10.2 Å². The Bertz CT molecular complexity index is 787. The Morgan fingerprint density at radius 2 is 0.964 bits per heavy atom. The maximum atomic E-state index is 5.31. The predicted octanol–water partition coefficient (Wildman–Crippen LogP) is 2.67. The molecule has 2 aromatic carbocycles. The molecule has 2 aromatic rings. The van der Waals surface area contributed by atoms with E-state index in [-0.39, 0.29) is 0 Å². The molecule has 0 aliphatic carbocycles. The summed E-state index contributed by atoms with van der Waals surface area (Å²) >= 11 is 10.6. The van der Waals surface area contributed by atoms with Gasteiger partial charge in [-0.1, -0.05) is 60.7 Å². The predicted molar refractivity (Wildman–Crippen MR) is 125 cm³/mol. The summed E-state index contributed by atoms with van der Waals surface area (Å²) in [5.74, 6) is 0. The van der Waals surface area contributed by atoms with Gasteiger partial charge in [0.05, 0.1) is 0 Å². The molecule has 0 saturated heterocycles. The molecule has 0 unspecified atom stereocenters. The summed E-state index contributed by atoms with van der Waals surface area (Å²) in [4.78, 5) is 3.56. The van der Waals surface area contributed by atoms with E-state index in [1.807, 2.05) is 88.9 Å². The lowest BCUT2D eigenvalue weighted by Gasteiger charge is -2.17. The van der Waals surface area contributed by atoms with Gasteiger partial charge in [0, 0.05) is 39.3 Å². The summed E-state index contributed by atoms with van der Waals surface area (Å²) in [7, 11) is 7.43. The highest BCUT2D eigenvalue weighted by molar-refractivity contribution is 7.80. The van der Waals surface area contributed by atoms with Crippen molar-refractivity contribution in [3.05, 3.63) is 71.8 Å². The van der Waals surface area contributed by atoms with Gasteiger partial charge in [-0.05, 0) is 24.4 Å². The second kappa shape index (κ2) is 10.5. The maximum Gasteiger partial charge on any atom is 0.189 e. The first-order valence-corrected chi connectivity index (χ1v) is 9.43. The van der Waals surface area contributed by atoms with Crippen LogP contribution in [-0.4, -0.2) is 59.6 Å². The molecule has 0 fully saturated rings. The van der Waals surface area contributed by atoms with Crippen molar-refractivity contribution in [2.24, 2.45) is 10.2 Å². The van der Waals surface area contributed by atoms with Gasteiger partial charge in [-0.3, -0.25) is 10.9 Å². The molecular weight excluding hydrogens is 388 g/mol. The lowest BCUT2D eigenvalue weighted by molar-refractivity contribution is 0.605. The molecule has 6 nitrogen and oxygen atoms in total. The van der Waals surface area contributed by atoms with Crippen LogP contribution in [-0.2, 0) is 0 Å². The van der Waals surface area contributed by atoms with Crippen LogP contribution in [0.5, 0.6) is 0 Å². The smallest absolute Gasteiger partial charge is 0.189 e. The van der Waals surface area contributed by atoms with Crippen LogP contribution < -0.4 is 10.9 Å². The van der Waals surface area contributed by atoms with Crippen LogP contribution in [0.2, 0.25) is 0 Å². The van der Waals surface area contributed by atoms with E-state index in [1.54, 1.807) is 9.80 Å². The summed E-state index contributed by atoms with van der Waals surface area (Å²) in [5, 5.41) is 10.1. The molecule has 0 aliphatic rings. The minimum absolute atomic E-state index is 0.498. The molecule has 8 heteroatoms. The molecule has 146 valence electrons. The fourth-order valence-electron chi connectivity index (χ4n) is 2.11. The fourth-order valence-corrected chi connectivity index (χ4v) is 2.20. The van der Waals surface area contributed by atoms with E-state index < -0.39 is 0 Å². The minimum atomic E-state index is 0.498. The molecule has 2 rings (SSSR count). The highest BCUT2D eigenvalue weighted by Gasteiger charge is 2.16. The molecule has 0 heterocycles. The Balaban J connectivity index is 2.54. The minimum Gasteiger partial charge on any atom is -0.354 e. The summed E-state index contributed by atoms with van der Waals surface area (Å²) in [6.07, 6.45) is 0. The van der Waals surface area contributed by atoms with Crippen molar-refractivity contribution in [1.29, 1.82) is 0 Å². The van der Waals surface area contributed by atoms with Gasteiger partial charge < -0.3 is 9.80 Å². The van der Waals surface area contributed by atoms with Gasteiger partial charge in [-0.2, -0.15) is 10.2 Å². The van der Waals surface area contributed by atoms with Crippen LogP contribution in [0.4, 0.5) is 0 Å². The number of hydrogen-bond donors (Lipinski definition) is 2. The normalized spacial score (nSPS) is 11.6. The Hall–Kier alpha value is -2.84. The maximum absolute atomic E-state index is 5.31. The molecule has 28 heavy (non-hydrogen) atoms. The number of nitrogens with zero attached hydrogens (tertiary/aromatic N) is 4. The van der Waals surface area contributed by atoms with E-state index in [2.05, 4.69) is 21.1 Å². The van der Waals surface area contributed by atoms with Gasteiger partial charge in [0.1, 0.15) is 11.4 Å². The number of hydrogen-bond acceptors (Lipinski definition) is 4. The van der Waals surface area contributed by atoms with E-state index in [0.717, 1.165) is 11.1 Å². The fraction of sp³-hybridized carbons (Fsp3) is 0.200. The molecular formula is C20H24N6S2. The summed E-state index contributed by atoms with van der Waals surface area (Å²) in [5.41, 5.74) is 8.96. The zero-order valence-electron chi connectivity index (χ0n) is 16.4. The second-order valence-corrected chi connectivity index (χ2v) is 7.05. The number of hydrazone groups is 2. The highest BCUT2D eigenvalue weighted by Crippen LogP contribution is 2.10. The lowest BCUT2D eigenvalue weighted by atomic mass is 10.00. The second-order valence-electron chi connectivity index (χ2n) is 6.28. The molecule has 0 aromatic heterocycles. The van der Waals surface area contributed by atoms with Crippen LogP contribution in [0.15, 0.2) is 70.9 Å². The van der Waals surface area contributed by atoms with Gasteiger partial charge in [-0.15, -0.1) is 0 Å². The quantitative estimate of drug-likeness (QED) is 0.447. The van der Waals surface area contributed by atoms with E-state index in [1.165, 1.54) is 0 Å². The zero-order chi connectivity index (χ0) is 20.5. The van der Waals surface area contributed by atoms with Crippen molar-refractivity contribution >= 4 is 46.1 Å². The number of nitrogens with one attached hydrogen (secondary N) is 2. The topological polar surface area (TPSA) is 55.3 Å². The average Bonchev–Trinajstić information content (AvgIpc) is 2.71. The van der Waals surface area contributed by atoms with Crippen LogP contribution in [0.1, 0.15) is 11.1 Å². The van der Waals surface area contributed by atoms with Crippen molar-refractivity contribution < 1.29 is 0 Å². The van der Waals surface area contributed by atoms with E-state index in [4.69, 9.17) is 24.4 Å². The molecule has 0 atom stereocenters. The van der Waals surface area contributed by atoms with Crippen molar-refractivity contribution in [3.63, 3.8) is 0 Å². The summed E-state index contributed by atoms with van der Waals surface area (Å²) in [6.45, 7) is 0. The Morgan fingerprint density at radius 3 is 1.25 bits per heavy atom. The van der Waals surface area contributed by atoms with E-state index in [9.17, 15) is 0 Å². The van der Waals surface area contributed by atoms with Crippen molar-refractivity contribution in [3.8, 4) is 0 Å². The number of rotatable bonds is 5. The summed E-state index contributed by atoms with van der Waals surface area (Å²) in [6, 6.07) is 19.6. The third kappa shape index (κ3) is 6.11. The molecule has 0 bridgehead atoms. The molecule has 0 amide bonds. The van der Waals surface area contributed by atoms with Crippen molar-refractivity contribution in [2.75, 3.05) is 28.2 Å². The third-order valence-corrected chi connectivity index (χ3v) is 4.57. The Kier molecular flexibility index (Phi) is 8.03. The lowest BCUT2D eigenvalue weighted by Crippen LogP contribution is -2.35. The first-order chi connectivity index (χ1) is 13.4. The molecule has 0 saturated carbocycles. The van der Waals surface area contributed by atoms with Crippen LogP contribution in [0, 0.1) is 0 Å². The first kappa shape index (κ1) is 21.5. The molecule has 0 radical (unpaired) electrons. The zero-order valence-corrected chi connectivity index (χ0v) is 18.0. The Labute approximate surface area is 176 Å². The van der Waals surface area contributed by atoms with Gasteiger partial charge in [0.2, 0.25) is 0 Å². The van der Waals surface area contributed by atoms with Crippen LogP contribution >= 0.6 is 24.4 Å². The third-order valence-electron chi connectivity index (χ3n) is 3.66. The Morgan fingerprint density at radius 1 is 0.643 bits per heavy atom. The number of benzene rings is 2. The van der Waals surface area contributed by atoms with E-state index in [0.29, 0.717) is 21.6 Å². The first-order valence-electron chi connectivity index (χ1n) is 8.61. The monoisotopic (exact) mass is 412 g/mol. The van der Waals surface area contributed by atoms with Crippen LogP contribution in [0.3, 0.4) is 0 Å². The van der Waals surface area contributed by atoms with Gasteiger partial charge in [0.25, 0.3) is 0 Å². The molecule has 0 spiro atoms.